The Kier molecular flexibility index (Phi) is 2.73. The average Bonchev–Trinajstić information content (AvgIpc) is 2.83. The number of ether oxygens (including phenoxy) is 1. The van der Waals surface area contributed by atoms with E-state index in [0.717, 1.165) is 28.8 Å². The molecule has 3 nitrogen and oxygen atoms in total. The summed E-state index contributed by atoms with van der Waals surface area (Å²) in [4.78, 5) is 0. The second-order valence-electron chi connectivity index (χ2n) is 4.15. The van der Waals surface area contributed by atoms with Crippen molar-refractivity contribution < 1.29 is 9.26 Å². The minimum Gasteiger partial charge on any atom is -0.497 e. The van der Waals surface area contributed by atoms with Crippen LogP contribution in [0.1, 0.15) is 11.3 Å². The fourth-order valence-corrected chi connectivity index (χ4v) is 2.00. The molecule has 18 heavy (non-hydrogen) atoms. The van der Waals surface area contributed by atoms with Crippen molar-refractivity contribution in [3.8, 4) is 5.75 Å². The van der Waals surface area contributed by atoms with Gasteiger partial charge in [-0.25, -0.2) is 0 Å². The standard InChI is InChI=1S/C15H13NO2/c1-17-12-8-6-11(7-9-12)10-14-13-4-2-3-5-15(13)18-16-14/h2-9H,10H2,1H3. The lowest BCUT2D eigenvalue weighted by Crippen LogP contribution is -1.89. The molecular formula is C15H13NO2. The van der Waals surface area contributed by atoms with Crippen molar-refractivity contribution in [3.05, 3.63) is 59.8 Å². The molecule has 2 aromatic carbocycles. The Morgan fingerprint density at radius 1 is 1.06 bits per heavy atom. The molecule has 3 heteroatoms. The Hall–Kier alpha value is -2.29. The number of rotatable bonds is 3. The van der Waals surface area contributed by atoms with Gasteiger partial charge in [-0.3, -0.25) is 0 Å². The molecule has 1 heterocycles. The summed E-state index contributed by atoms with van der Waals surface area (Å²) in [6.07, 6.45) is 0.765. The molecular weight excluding hydrogens is 226 g/mol. The van der Waals surface area contributed by atoms with Crippen LogP contribution in [-0.4, -0.2) is 12.3 Å². The number of nitrogens with zero attached hydrogens (tertiary/aromatic N) is 1. The van der Waals surface area contributed by atoms with E-state index in [2.05, 4.69) is 5.16 Å². The summed E-state index contributed by atoms with van der Waals surface area (Å²) in [6, 6.07) is 15.9. The molecule has 3 rings (SSSR count). The van der Waals surface area contributed by atoms with Crippen LogP contribution < -0.4 is 4.74 Å². The van der Waals surface area contributed by atoms with Crippen LogP contribution in [0.4, 0.5) is 0 Å². The monoisotopic (exact) mass is 239 g/mol. The Balaban J connectivity index is 1.91. The maximum absolute atomic E-state index is 5.29. The van der Waals surface area contributed by atoms with E-state index in [1.807, 2.05) is 48.5 Å². The first-order valence-electron chi connectivity index (χ1n) is 5.83. The van der Waals surface area contributed by atoms with Gasteiger partial charge >= 0.3 is 0 Å². The van der Waals surface area contributed by atoms with Gasteiger partial charge in [0.1, 0.15) is 5.75 Å². The van der Waals surface area contributed by atoms with Crippen molar-refractivity contribution in [1.82, 2.24) is 5.16 Å². The highest BCUT2D eigenvalue weighted by molar-refractivity contribution is 5.79. The summed E-state index contributed by atoms with van der Waals surface area (Å²) in [7, 11) is 1.67. The van der Waals surface area contributed by atoms with E-state index in [4.69, 9.17) is 9.26 Å². The predicted molar refractivity (Wildman–Crippen MR) is 69.8 cm³/mol. The largest absolute Gasteiger partial charge is 0.497 e. The number of aromatic nitrogens is 1. The summed E-state index contributed by atoms with van der Waals surface area (Å²) in [5, 5.41) is 5.20. The van der Waals surface area contributed by atoms with Gasteiger partial charge in [0.05, 0.1) is 12.8 Å². The first-order valence-corrected chi connectivity index (χ1v) is 5.83. The number of hydrogen-bond donors (Lipinski definition) is 0. The number of benzene rings is 2. The van der Waals surface area contributed by atoms with Gasteiger partial charge in [-0.05, 0) is 29.8 Å². The van der Waals surface area contributed by atoms with Crippen molar-refractivity contribution in [1.29, 1.82) is 0 Å². The number of fused-ring (bicyclic) bond motifs is 1. The molecule has 0 bridgehead atoms. The zero-order valence-electron chi connectivity index (χ0n) is 10.1. The van der Waals surface area contributed by atoms with Crippen molar-refractivity contribution in [2.24, 2.45) is 0 Å². The van der Waals surface area contributed by atoms with Gasteiger partial charge in [-0.2, -0.15) is 0 Å². The Bertz CT molecular complexity index is 656. The third-order valence-corrected chi connectivity index (χ3v) is 2.98. The number of methoxy groups -OCH3 is 1. The molecule has 0 atom stereocenters. The third kappa shape index (κ3) is 1.95. The zero-order valence-corrected chi connectivity index (χ0v) is 10.1. The van der Waals surface area contributed by atoms with Crippen LogP contribution in [0.15, 0.2) is 53.1 Å². The minimum absolute atomic E-state index is 0.765. The predicted octanol–water partition coefficient (Wildman–Crippen LogP) is 3.43. The first kappa shape index (κ1) is 10.8. The Labute approximate surface area is 105 Å². The molecule has 0 unspecified atom stereocenters. The molecule has 0 N–H and O–H groups in total. The van der Waals surface area contributed by atoms with E-state index < -0.39 is 0 Å². The van der Waals surface area contributed by atoms with E-state index in [-0.39, 0.29) is 0 Å². The highest BCUT2D eigenvalue weighted by Gasteiger charge is 2.07. The van der Waals surface area contributed by atoms with Crippen LogP contribution in [0.3, 0.4) is 0 Å². The van der Waals surface area contributed by atoms with Gasteiger partial charge in [0.15, 0.2) is 5.58 Å². The SMILES string of the molecule is COc1ccc(Cc2noc3ccccc23)cc1. The topological polar surface area (TPSA) is 35.3 Å². The van der Waals surface area contributed by atoms with Crippen LogP contribution >= 0.6 is 0 Å². The fourth-order valence-electron chi connectivity index (χ4n) is 2.00. The van der Waals surface area contributed by atoms with Crippen LogP contribution in [0.5, 0.6) is 5.75 Å². The van der Waals surface area contributed by atoms with Crippen LogP contribution in [0, 0.1) is 0 Å². The zero-order chi connectivity index (χ0) is 12.4. The van der Waals surface area contributed by atoms with Gasteiger partial charge in [0.2, 0.25) is 0 Å². The fraction of sp³-hybridized carbons (Fsp3) is 0.133. The molecule has 0 saturated carbocycles. The molecule has 90 valence electrons. The third-order valence-electron chi connectivity index (χ3n) is 2.98. The molecule has 0 fully saturated rings. The quantitative estimate of drug-likeness (QED) is 0.702. The van der Waals surface area contributed by atoms with Gasteiger partial charge < -0.3 is 9.26 Å². The molecule has 0 aliphatic carbocycles. The summed E-state index contributed by atoms with van der Waals surface area (Å²) < 4.78 is 10.4. The molecule has 0 aliphatic rings. The van der Waals surface area contributed by atoms with Gasteiger partial charge in [0.25, 0.3) is 0 Å². The summed E-state index contributed by atoms with van der Waals surface area (Å²) in [6.45, 7) is 0. The molecule has 0 aliphatic heterocycles. The lowest BCUT2D eigenvalue weighted by Gasteiger charge is -2.01. The smallest absolute Gasteiger partial charge is 0.167 e. The highest BCUT2D eigenvalue weighted by Crippen LogP contribution is 2.21. The first-order chi connectivity index (χ1) is 8.86. The van der Waals surface area contributed by atoms with E-state index in [1.165, 1.54) is 5.56 Å². The lowest BCUT2D eigenvalue weighted by molar-refractivity contribution is 0.414. The van der Waals surface area contributed by atoms with Crippen molar-refractivity contribution in [2.45, 2.75) is 6.42 Å². The molecule has 1 aromatic heterocycles. The second-order valence-corrected chi connectivity index (χ2v) is 4.15. The average molecular weight is 239 g/mol. The highest BCUT2D eigenvalue weighted by atomic mass is 16.5. The lowest BCUT2D eigenvalue weighted by atomic mass is 10.1. The Morgan fingerprint density at radius 3 is 2.61 bits per heavy atom. The summed E-state index contributed by atoms with van der Waals surface area (Å²) in [5.74, 6) is 0.865. The minimum atomic E-state index is 0.765. The van der Waals surface area contributed by atoms with Gasteiger partial charge in [-0.1, -0.05) is 29.4 Å². The van der Waals surface area contributed by atoms with E-state index in [1.54, 1.807) is 7.11 Å². The van der Waals surface area contributed by atoms with Crippen molar-refractivity contribution >= 4 is 11.0 Å². The van der Waals surface area contributed by atoms with Crippen LogP contribution in [-0.2, 0) is 6.42 Å². The normalized spacial score (nSPS) is 10.7. The van der Waals surface area contributed by atoms with Crippen molar-refractivity contribution in [2.75, 3.05) is 7.11 Å². The van der Waals surface area contributed by atoms with E-state index in [9.17, 15) is 0 Å². The molecule has 0 spiro atoms. The maximum Gasteiger partial charge on any atom is 0.167 e. The van der Waals surface area contributed by atoms with E-state index >= 15 is 0 Å². The molecule has 0 saturated heterocycles. The van der Waals surface area contributed by atoms with Crippen LogP contribution in [0.25, 0.3) is 11.0 Å². The number of para-hydroxylation sites is 1. The van der Waals surface area contributed by atoms with Crippen molar-refractivity contribution in [3.63, 3.8) is 0 Å². The Morgan fingerprint density at radius 2 is 1.83 bits per heavy atom. The number of hydrogen-bond acceptors (Lipinski definition) is 3. The summed E-state index contributed by atoms with van der Waals surface area (Å²) >= 11 is 0. The second kappa shape index (κ2) is 4.53. The van der Waals surface area contributed by atoms with Crippen LogP contribution in [0.2, 0.25) is 0 Å². The summed E-state index contributed by atoms with van der Waals surface area (Å²) in [5.41, 5.74) is 2.99. The molecule has 0 radical (unpaired) electrons. The van der Waals surface area contributed by atoms with Gasteiger partial charge in [0, 0.05) is 11.8 Å². The van der Waals surface area contributed by atoms with Gasteiger partial charge in [-0.15, -0.1) is 0 Å². The molecule has 0 amide bonds. The molecule has 3 aromatic rings. The maximum atomic E-state index is 5.29. The van der Waals surface area contributed by atoms with E-state index in [0.29, 0.717) is 0 Å².